The summed E-state index contributed by atoms with van der Waals surface area (Å²) >= 11 is 11.9. The Morgan fingerprint density at radius 2 is 1.95 bits per heavy atom. The van der Waals surface area contributed by atoms with Crippen molar-refractivity contribution in [2.24, 2.45) is 0 Å². The Hall–Kier alpha value is -2.04. The molecule has 0 unspecified atom stereocenters. The molecule has 3 nitrogen and oxygen atoms in total. The Balaban J connectivity index is 1.80. The van der Waals surface area contributed by atoms with Crippen LogP contribution < -0.4 is 5.32 Å². The number of carbonyl (C=O) groups is 1. The van der Waals surface area contributed by atoms with E-state index in [0.717, 1.165) is 10.9 Å². The third kappa shape index (κ3) is 3.08. The molecule has 0 aliphatic heterocycles. The van der Waals surface area contributed by atoms with Crippen molar-refractivity contribution in [3.8, 4) is 0 Å². The van der Waals surface area contributed by atoms with Crippen molar-refractivity contribution in [3.63, 3.8) is 0 Å². The maximum atomic E-state index is 13.2. The van der Waals surface area contributed by atoms with Gasteiger partial charge in [-0.25, -0.2) is 4.39 Å². The molecule has 6 heteroatoms. The zero-order valence-electron chi connectivity index (χ0n) is 11.3. The van der Waals surface area contributed by atoms with Crippen LogP contribution in [-0.2, 0) is 11.3 Å². The van der Waals surface area contributed by atoms with Gasteiger partial charge in [0.05, 0.1) is 10.7 Å². The van der Waals surface area contributed by atoms with Crippen molar-refractivity contribution in [1.29, 1.82) is 0 Å². The SMILES string of the molecule is O=C(Cn1ccc2cc(F)ccc21)Nc1cc(Cl)ccc1Cl. The maximum absolute atomic E-state index is 13.2. The second-order valence-corrected chi connectivity index (χ2v) is 5.66. The molecule has 0 saturated carbocycles. The van der Waals surface area contributed by atoms with Crippen molar-refractivity contribution < 1.29 is 9.18 Å². The summed E-state index contributed by atoms with van der Waals surface area (Å²) in [6.07, 6.45) is 1.74. The van der Waals surface area contributed by atoms with E-state index in [2.05, 4.69) is 5.32 Å². The Labute approximate surface area is 136 Å². The second kappa shape index (κ2) is 5.99. The van der Waals surface area contributed by atoms with E-state index < -0.39 is 0 Å². The highest BCUT2D eigenvalue weighted by molar-refractivity contribution is 6.35. The molecule has 1 aromatic heterocycles. The molecular formula is C16H11Cl2FN2O. The first-order chi connectivity index (χ1) is 10.5. The third-order valence-corrected chi connectivity index (χ3v) is 3.81. The molecule has 0 radical (unpaired) electrons. The molecule has 3 rings (SSSR count). The lowest BCUT2D eigenvalue weighted by Crippen LogP contribution is -2.18. The second-order valence-electron chi connectivity index (χ2n) is 4.82. The minimum absolute atomic E-state index is 0.0952. The van der Waals surface area contributed by atoms with Gasteiger partial charge in [0.2, 0.25) is 5.91 Å². The third-order valence-electron chi connectivity index (χ3n) is 3.25. The Kier molecular flexibility index (Phi) is 4.05. The smallest absolute Gasteiger partial charge is 0.244 e. The van der Waals surface area contributed by atoms with E-state index in [0.29, 0.717) is 15.7 Å². The number of rotatable bonds is 3. The monoisotopic (exact) mass is 336 g/mol. The van der Waals surface area contributed by atoms with Gasteiger partial charge in [0.25, 0.3) is 0 Å². The zero-order chi connectivity index (χ0) is 15.7. The minimum Gasteiger partial charge on any atom is -0.338 e. The van der Waals surface area contributed by atoms with Crippen molar-refractivity contribution in [1.82, 2.24) is 4.57 Å². The van der Waals surface area contributed by atoms with Crippen LogP contribution in [0.5, 0.6) is 0 Å². The van der Waals surface area contributed by atoms with Crippen LogP contribution in [0.15, 0.2) is 48.7 Å². The normalized spacial score (nSPS) is 10.9. The van der Waals surface area contributed by atoms with E-state index >= 15 is 0 Å². The highest BCUT2D eigenvalue weighted by Gasteiger charge is 2.09. The van der Waals surface area contributed by atoms with E-state index in [4.69, 9.17) is 23.2 Å². The largest absolute Gasteiger partial charge is 0.338 e. The molecular weight excluding hydrogens is 326 g/mol. The summed E-state index contributed by atoms with van der Waals surface area (Å²) in [7, 11) is 0. The lowest BCUT2D eigenvalue weighted by atomic mass is 10.2. The number of nitrogens with one attached hydrogen (secondary N) is 1. The fourth-order valence-electron chi connectivity index (χ4n) is 2.25. The number of carbonyl (C=O) groups excluding carboxylic acids is 1. The van der Waals surface area contributed by atoms with Crippen LogP contribution in [-0.4, -0.2) is 10.5 Å². The van der Waals surface area contributed by atoms with Gasteiger partial charge in [-0.15, -0.1) is 0 Å². The van der Waals surface area contributed by atoms with Gasteiger partial charge in [-0.2, -0.15) is 0 Å². The number of amides is 1. The van der Waals surface area contributed by atoms with Gasteiger partial charge in [0.1, 0.15) is 12.4 Å². The van der Waals surface area contributed by atoms with Gasteiger partial charge in [0, 0.05) is 22.1 Å². The molecule has 112 valence electrons. The number of fused-ring (bicyclic) bond motifs is 1. The molecule has 1 amide bonds. The van der Waals surface area contributed by atoms with E-state index in [1.54, 1.807) is 41.1 Å². The standard InChI is InChI=1S/C16H11Cl2FN2O/c17-11-1-3-13(18)14(8-11)20-16(22)9-21-6-5-10-7-12(19)2-4-15(10)21/h1-8H,9H2,(H,20,22). The van der Waals surface area contributed by atoms with Crippen LogP contribution in [0.1, 0.15) is 0 Å². The predicted molar refractivity (Wildman–Crippen MR) is 87.0 cm³/mol. The Bertz CT molecular complexity index is 860. The van der Waals surface area contributed by atoms with E-state index in [1.807, 2.05) is 0 Å². The van der Waals surface area contributed by atoms with Gasteiger partial charge < -0.3 is 9.88 Å². The van der Waals surface area contributed by atoms with Crippen LogP contribution in [0.3, 0.4) is 0 Å². The molecule has 0 fully saturated rings. The molecule has 0 bridgehead atoms. The van der Waals surface area contributed by atoms with Crippen LogP contribution in [0.4, 0.5) is 10.1 Å². The number of hydrogen-bond acceptors (Lipinski definition) is 1. The molecule has 3 aromatic rings. The van der Waals surface area contributed by atoms with Gasteiger partial charge in [-0.3, -0.25) is 4.79 Å². The minimum atomic E-state index is -0.305. The lowest BCUT2D eigenvalue weighted by Gasteiger charge is -2.09. The van der Waals surface area contributed by atoms with Crippen LogP contribution >= 0.6 is 23.2 Å². The molecule has 0 saturated heterocycles. The number of halogens is 3. The average Bonchev–Trinajstić information content (AvgIpc) is 2.85. The molecule has 1 heterocycles. The highest BCUT2D eigenvalue weighted by atomic mass is 35.5. The highest BCUT2D eigenvalue weighted by Crippen LogP contribution is 2.25. The van der Waals surface area contributed by atoms with Crippen molar-refractivity contribution in [3.05, 3.63) is 64.5 Å². The maximum Gasteiger partial charge on any atom is 0.244 e. The van der Waals surface area contributed by atoms with E-state index in [-0.39, 0.29) is 18.3 Å². The summed E-state index contributed by atoms with van der Waals surface area (Å²) in [5.41, 5.74) is 1.25. The number of anilines is 1. The van der Waals surface area contributed by atoms with Gasteiger partial charge >= 0.3 is 0 Å². The molecule has 0 aliphatic rings. The fraction of sp³-hybridized carbons (Fsp3) is 0.0625. The number of benzene rings is 2. The van der Waals surface area contributed by atoms with Gasteiger partial charge in [0.15, 0.2) is 0 Å². The molecule has 1 N–H and O–H groups in total. The Morgan fingerprint density at radius 1 is 1.14 bits per heavy atom. The predicted octanol–water partition coefficient (Wildman–Crippen LogP) is 4.73. The summed E-state index contributed by atoms with van der Waals surface area (Å²) in [6.45, 7) is 0.0952. The van der Waals surface area contributed by atoms with Crippen LogP contribution in [0, 0.1) is 5.82 Å². The summed E-state index contributed by atoms with van der Waals surface area (Å²) in [5.74, 6) is -0.550. The number of hydrogen-bond donors (Lipinski definition) is 1. The van der Waals surface area contributed by atoms with Crippen LogP contribution in [0.2, 0.25) is 10.0 Å². The fourth-order valence-corrected chi connectivity index (χ4v) is 2.58. The number of nitrogens with zero attached hydrogens (tertiary/aromatic N) is 1. The zero-order valence-corrected chi connectivity index (χ0v) is 12.8. The first-order valence-electron chi connectivity index (χ1n) is 6.52. The molecule has 2 aromatic carbocycles. The topological polar surface area (TPSA) is 34.0 Å². The first kappa shape index (κ1) is 14.9. The Morgan fingerprint density at radius 3 is 2.77 bits per heavy atom. The summed E-state index contributed by atoms with van der Waals surface area (Å²) < 4.78 is 14.9. The van der Waals surface area contributed by atoms with Gasteiger partial charge in [-0.1, -0.05) is 23.2 Å². The first-order valence-corrected chi connectivity index (χ1v) is 7.28. The molecule has 0 atom stereocenters. The van der Waals surface area contributed by atoms with E-state index in [1.165, 1.54) is 12.1 Å². The number of aromatic nitrogens is 1. The summed E-state index contributed by atoms with van der Waals surface area (Å²) in [5, 5.41) is 4.36. The molecule has 0 spiro atoms. The van der Waals surface area contributed by atoms with Crippen molar-refractivity contribution in [2.75, 3.05) is 5.32 Å². The van der Waals surface area contributed by atoms with Crippen LogP contribution in [0.25, 0.3) is 10.9 Å². The lowest BCUT2D eigenvalue weighted by molar-refractivity contribution is -0.116. The summed E-state index contributed by atoms with van der Waals surface area (Å²) in [6, 6.07) is 11.1. The van der Waals surface area contributed by atoms with Crippen molar-refractivity contribution in [2.45, 2.75) is 6.54 Å². The quantitative estimate of drug-likeness (QED) is 0.737. The molecule has 22 heavy (non-hydrogen) atoms. The average molecular weight is 337 g/mol. The van der Waals surface area contributed by atoms with Crippen molar-refractivity contribution >= 4 is 45.7 Å². The van der Waals surface area contributed by atoms with E-state index in [9.17, 15) is 9.18 Å². The summed E-state index contributed by atoms with van der Waals surface area (Å²) in [4.78, 5) is 12.1. The molecule has 0 aliphatic carbocycles. The van der Waals surface area contributed by atoms with Gasteiger partial charge in [-0.05, 0) is 42.5 Å².